The Morgan fingerprint density at radius 2 is 2.22 bits per heavy atom. The lowest BCUT2D eigenvalue weighted by Crippen LogP contribution is -2.32. The van der Waals surface area contributed by atoms with E-state index in [4.69, 9.17) is 28.3 Å². The number of hydrogen-bond donors (Lipinski definition) is 1. The molecule has 0 bridgehead atoms. The number of halogens is 2. The summed E-state index contributed by atoms with van der Waals surface area (Å²) in [6, 6.07) is 5.29. The largest absolute Gasteiger partial charge is 0.481 e. The van der Waals surface area contributed by atoms with Crippen molar-refractivity contribution in [1.82, 2.24) is 0 Å². The molecule has 0 heterocycles. The van der Waals surface area contributed by atoms with Crippen molar-refractivity contribution in [3.05, 3.63) is 40.9 Å². The number of rotatable bonds is 6. The van der Waals surface area contributed by atoms with Gasteiger partial charge in [-0.25, -0.2) is 0 Å². The van der Waals surface area contributed by atoms with E-state index in [0.717, 1.165) is 5.69 Å². The van der Waals surface area contributed by atoms with Crippen molar-refractivity contribution < 1.29 is 9.90 Å². The van der Waals surface area contributed by atoms with E-state index >= 15 is 0 Å². The number of carbonyl (C=O) groups is 1. The van der Waals surface area contributed by atoms with Crippen LogP contribution in [0.15, 0.2) is 30.9 Å². The van der Waals surface area contributed by atoms with Gasteiger partial charge in [0.1, 0.15) is 0 Å². The number of anilines is 1. The standard InChI is InChI=1S/C13H15Cl2NO2/c1-3-7-16(8-9(2)13(17)18)11-6-4-5-10(14)12(11)15/h3-6,9H,1,7-8H2,2H3,(H,17,18). The van der Waals surface area contributed by atoms with Crippen molar-refractivity contribution >= 4 is 34.9 Å². The van der Waals surface area contributed by atoms with Crippen LogP contribution in [0.25, 0.3) is 0 Å². The monoisotopic (exact) mass is 287 g/mol. The van der Waals surface area contributed by atoms with Gasteiger partial charge in [0, 0.05) is 13.1 Å². The van der Waals surface area contributed by atoms with E-state index in [9.17, 15) is 4.79 Å². The van der Waals surface area contributed by atoms with Crippen molar-refractivity contribution in [3.8, 4) is 0 Å². The van der Waals surface area contributed by atoms with Gasteiger partial charge >= 0.3 is 5.97 Å². The Morgan fingerprint density at radius 3 is 2.78 bits per heavy atom. The second-order valence-corrected chi connectivity index (χ2v) is 4.79. The molecule has 0 fully saturated rings. The fourth-order valence-electron chi connectivity index (χ4n) is 1.57. The topological polar surface area (TPSA) is 40.5 Å². The van der Waals surface area contributed by atoms with Gasteiger partial charge in [0.15, 0.2) is 0 Å². The lowest BCUT2D eigenvalue weighted by Gasteiger charge is -2.26. The van der Waals surface area contributed by atoms with Gasteiger partial charge in [-0.3, -0.25) is 4.79 Å². The van der Waals surface area contributed by atoms with Crippen molar-refractivity contribution in [2.75, 3.05) is 18.0 Å². The Balaban J connectivity index is 3.00. The molecule has 0 aliphatic carbocycles. The molecule has 0 saturated carbocycles. The van der Waals surface area contributed by atoms with E-state index < -0.39 is 11.9 Å². The SMILES string of the molecule is C=CCN(CC(C)C(=O)O)c1cccc(Cl)c1Cl. The second-order valence-electron chi connectivity index (χ2n) is 4.01. The van der Waals surface area contributed by atoms with Crippen LogP contribution in [0, 0.1) is 5.92 Å². The number of nitrogens with zero attached hydrogens (tertiary/aromatic N) is 1. The van der Waals surface area contributed by atoms with Crippen molar-refractivity contribution in [1.29, 1.82) is 0 Å². The van der Waals surface area contributed by atoms with Crippen LogP contribution >= 0.6 is 23.2 Å². The number of carboxylic acid groups (broad SMARTS) is 1. The summed E-state index contributed by atoms with van der Waals surface area (Å²) in [5, 5.41) is 9.84. The van der Waals surface area contributed by atoms with E-state index in [1.165, 1.54) is 0 Å². The Hall–Kier alpha value is -1.19. The van der Waals surface area contributed by atoms with Gasteiger partial charge < -0.3 is 10.0 Å². The van der Waals surface area contributed by atoms with E-state index in [0.29, 0.717) is 23.1 Å². The van der Waals surface area contributed by atoms with Crippen LogP contribution in [0.1, 0.15) is 6.92 Å². The Labute approximate surface area is 117 Å². The van der Waals surface area contributed by atoms with E-state index in [1.807, 2.05) is 11.0 Å². The molecule has 0 amide bonds. The van der Waals surface area contributed by atoms with Gasteiger partial charge in [0.2, 0.25) is 0 Å². The maximum absolute atomic E-state index is 10.9. The van der Waals surface area contributed by atoms with Crippen LogP contribution in [0.5, 0.6) is 0 Å². The van der Waals surface area contributed by atoms with Crippen LogP contribution in [0.3, 0.4) is 0 Å². The maximum atomic E-state index is 10.9. The summed E-state index contributed by atoms with van der Waals surface area (Å²) in [6.07, 6.45) is 1.70. The zero-order valence-electron chi connectivity index (χ0n) is 10.1. The summed E-state index contributed by atoms with van der Waals surface area (Å²) >= 11 is 12.1. The third-order valence-electron chi connectivity index (χ3n) is 2.54. The number of carboxylic acids is 1. The van der Waals surface area contributed by atoms with Gasteiger partial charge in [-0.05, 0) is 12.1 Å². The van der Waals surface area contributed by atoms with Crippen molar-refractivity contribution in [2.45, 2.75) is 6.92 Å². The molecule has 1 aromatic rings. The van der Waals surface area contributed by atoms with Gasteiger partial charge in [-0.2, -0.15) is 0 Å². The molecule has 1 aromatic carbocycles. The Bertz CT molecular complexity index is 449. The number of benzene rings is 1. The predicted molar refractivity (Wildman–Crippen MR) is 75.7 cm³/mol. The molecule has 0 saturated heterocycles. The number of hydrogen-bond acceptors (Lipinski definition) is 2. The first-order chi connectivity index (χ1) is 8.47. The number of aliphatic carboxylic acids is 1. The molecule has 1 unspecified atom stereocenters. The zero-order valence-corrected chi connectivity index (χ0v) is 11.6. The molecule has 1 N–H and O–H groups in total. The fraction of sp³-hybridized carbons (Fsp3) is 0.308. The predicted octanol–water partition coefficient (Wildman–Crippen LogP) is 3.71. The highest BCUT2D eigenvalue weighted by Gasteiger charge is 2.18. The molecular weight excluding hydrogens is 273 g/mol. The molecule has 0 aromatic heterocycles. The molecule has 18 heavy (non-hydrogen) atoms. The minimum atomic E-state index is -0.845. The van der Waals surface area contributed by atoms with Crippen molar-refractivity contribution in [2.24, 2.45) is 5.92 Å². The Morgan fingerprint density at radius 1 is 1.56 bits per heavy atom. The van der Waals surface area contributed by atoms with Crippen LogP contribution in [-0.4, -0.2) is 24.2 Å². The third kappa shape index (κ3) is 3.65. The molecule has 0 radical (unpaired) electrons. The average molecular weight is 288 g/mol. The first-order valence-electron chi connectivity index (χ1n) is 5.50. The first-order valence-corrected chi connectivity index (χ1v) is 6.25. The highest BCUT2D eigenvalue weighted by Crippen LogP contribution is 2.32. The van der Waals surface area contributed by atoms with Crippen molar-refractivity contribution in [3.63, 3.8) is 0 Å². The lowest BCUT2D eigenvalue weighted by atomic mass is 10.1. The van der Waals surface area contributed by atoms with Crippen LogP contribution in [0.4, 0.5) is 5.69 Å². The fourth-order valence-corrected chi connectivity index (χ4v) is 1.99. The van der Waals surface area contributed by atoms with E-state index in [1.54, 1.807) is 25.1 Å². The normalized spacial score (nSPS) is 11.9. The lowest BCUT2D eigenvalue weighted by molar-refractivity contribution is -0.140. The molecular formula is C13H15Cl2NO2. The minimum Gasteiger partial charge on any atom is -0.481 e. The summed E-state index contributed by atoms with van der Waals surface area (Å²) in [5.41, 5.74) is 0.720. The maximum Gasteiger partial charge on any atom is 0.308 e. The molecule has 1 rings (SSSR count). The molecule has 5 heteroatoms. The second kappa shape index (κ2) is 6.66. The van der Waals surface area contributed by atoms with Crippen LogP contribution in [0.2, 0.25) is 10.0 Å². The zero-order chi connectivity index (χ0) is 13.7. The summed E-state index contributed by atoms with van der Waals surface area (Å²) in [5.74, 6) is -1.35. The third-order valence-corrected chi connectivity index (χ3v) is 3.35. The van der Waals surface area contributed by atoms with Gasteiger partial charge in [-0.1, -0.05) is 42.3 Å². The van der Waals surface area contributed by atoms with Gasteiger partial charge in [0.25, 0.3) is 0 Å². The van der Waals surface area contributed by atoms with E-state index in [-0.39, 0.29) is 0 Å². The van der Waals surface area contributed by atoms with E-state index in [2.05, 4.69) is 6.58 Å². The molecule has 98 valence electrons. The summed E-state index contributed by atoms with van der Waals surface area (Å²) in [7, 11) is 0. The molecule has 0 aliphatic rings. The minimum absolute atomic E-state index is 0.349. The smallest absolute Gasteiger partial charge is 0.308 e. The quantitative estimate of drug-likeness (QED) is 0.811. The van der Waals surface area contributed by atoms with Crippen LogP contribution in [-0.2, 0) is 4.79 Å². The molecule has 1 atom stereocenters. The summed E-state index contributed by atoms with van der Waals surface area (Å²) in [6.45, 7) is 6.17. The Kier molecular flexibility index (Phi) is 5.51. The molecule has 0 spiro atoms. The highest BCUT2D eigenvalue weighted by molar-refractivity contribution is 6.43. The summed E-state index contributed by atoms with van der Waals surface area (Å²) in [4.78, 5) is 12.8. The van der Waals surface area contributed by atoms with Gasteiger partial charge in [-0.15, -0.1) is 6.58 Å². The van der Waals surface area contributed by atoms with Crippen LogP contribution < -0.4 is 4.90 Å². The average Bonchev–Trinajstić information content (AvgIpc) is 2.32. The van der Waals surface area contributed by atoms with Gasteiger partial charge in [0.05, 0.1) is 21.7 Å². The first kappa shape index (κ1) is 14.9. The highest BCUT2D eigenvalue weighted by atomic mass is 35.5. The summed E-state index contributed by atoms with van der Waals surface area (Å²) < 4.78 is 0. The molecule has 0 aliphatic heterocycles. The molecule has 3 nitrogen and oxygen atoms in total.